The second-order valence-corrected chi connectivity index (χ2v) is 5.60. The summed E-state index contributed by atoms with van der Waals surface area (Å²) in [5.41, 5.74) is 0. The maximum atomic E-state index is 11.4. The van der Waals surface area contributed by atoms with Gasteiger partial charge >= 0.3 is 10.1 Å². The highest BCUT2D eigenvalue weighted by atomic mass is 32.2. The topological polar surface area (TPSA) is 69.7 Å². The molecule has 0 aromatic heterocycles. The van der Waals surface area contributed by atoms with Crippen molar-refractivity contribution < 1.29 is 21.9 Å². The Morgan fingerprint density at radius 2 is 2.14 bits per heavy atom. The Morgan fingerprint density at radius 1 is 1.57 bits per heavy atom. The first-order valence-electron chi connectivity index (χ1n) is 3.74. The highest BCUT2D eigenvalue weighted by Gasteiger charge is 2.42. The lowest BCUT2D eigenvalue weighted by Crippen LogP contribution is -2.34. The number of ether oxygens (including phenoxy) is 1. The predicted octanol–water partition coefficient (Wildman–Crippen LogP) is 0.968. The van der Waals surface area contributed by atoms with Gasteiger partial charge in [0.15, 0.2) is 0 Å². The zero-order chi connectivity index (χ0) is 11.2. The first-order valence-corrected chi connectivity index (χ1v) is 5.96. The molecule has 0 spiro atoms. The molecule has 5 nitrogen and oxygen atoms in total. The Bertz CT molecular complexity index is 330. The van der Waals surface area contributed by atoms with Crippen LogP contribution in [0.2, 0.25) is 0 Å². The van der Waals surface area contributed by atoms with Gasteiger partial charge in [0, 0.05) is 6.61 Å². The van der Waals surface area contributed by atoms with Gasteiger partial charge in [-0.1, -0.05) is 5.92 Å². The molecule has 0 aliphatic rings. The summed E-state index contributed by atoms with van der Waals surface area (Å²) in [4.78, 5) is 0. The number of hydrogen-bond acceptors (Lipinski definition) is 5. The van der Waals surface area contributed by atoms with Gasteiger partial charge in [-0.25, -0.2) is 0 Å². The molecule has 0 aromatic rings. The Labute approximate surface area is 85.1 Å². The van der Waals surface area contributed by atoms with Crippen molar-refractivity contribution >= 4 is 18.6 Å². The molecule has 0 aliphatic heterocycles. The van der Waals surface area contributed by atoms with Crippen molar-refractivity contribution in [2.75, 3.05) is 13.2 Å². The van der Waals surface area contributed by atoms with E-state index in [2.05, 4.69) is 4.18 Å². The van der Waals surface area contributed by atoms with Gasteiger partial charge in [-0.15, -0.1) is 6.42 Å². The summed E-state index contributed by atoms with van der Waals surface area (Å²) in [7, 11) is -4.78. The van der Waals surface area contributed by atoms with E-state index >= 15 is 0 Å². The summed E-state index contributed by atoms with van der Waals surface area (Å²) in [6.45, 7) is 2.43. The lowest BCUT2D eigenvalue weighted by Gasteiger charge is -2.20. The Kier molecular flexibility index (Phi) is 5.24. The normalized spacial score (nSPS) is 16.1. The Morgan fingerprint density at radius 3 is 2.50 bits per heavy atom. The van der Waals surface area contributed by atoms with Crippen LogP contribution in [0.15, 0.2) is 0 Å². The summed E-state index contributed by atoms with van der Waals surface area (Å²) >= 11 is 0. The molecule has 80 valence electrons. The first kappa shape index (κ1) is 13.5. The summed E-state index contributed by atoms with van der Waals surface area (Å²) in [5.74, 6) is 2.00. The minimum atomic E-state index is -4.09. The maximum Gasteiger partial charge on any atom is 0.310 e. The van der Waals surface area contributed by atoms with Gasteiger partial charge in [-0.2, -0.15) is 8.42 Å². The van der Waals surface area contributed by atoms with Crippen LogP contribution in [0.1, 0.15) is 13.8 Å². The van der Waals surface area contributed by atoms with Gasteiger partial charge in [-0.05, 0) is 13.8 Å². The SMILES string of the molecule is C#CCOS(=O)(=O)C(C)(OCC)P=O. The van der Waals surface area contributed by atoms with Gasteiger partial charge in [0.2, 0.25) is 8.46 Å². The third-order valence-electron chi connectivity index (χ3n) is 1.34. The molecular formula is C7H11O5PS. The van der Waals surface area contributed by atoms with E-state index in [4.69, 9.17) is 11.2 Å². The molecule has 14 heavy (non-hydrogen) atoms. The predicted molar refractivity (Wildman–Crippen MR) is 51.3 cm³/mol. The molecule has 1 unspecified atom stereocenters. The first-order chi connectivity index (χ1) is 6.43. The fraction of sp³-hybridized carbons (Fsp3) is 0.714. The van der Waals surface area contributed by atoms with Crippen LogP contribution in [0, 0.1) is 12.3 Å². The van der Waals surface area contributed by atoms with E-state index in [0.29, 0.717) is 0 Å². The summed E-state index contributed by atoms with van der Waals surface area (Å²) in [5, 5.41) is 0. The quantitative estimate of drug-likeness (QED) is 0.391. The van der Waals surface area contributed by atoms with E-state index in [1.807, 2.05) is 5.92 Å². The number of rotatable bonds is 6. The summed E-state index contributed by atoms with van der Waals surface area (Å²) in [6.07, 6.45) is 4.83. The molecule has 0 heterocycles. The summed E-state index contributed by atoms with van der Waals surface area (Å²) < 4.78 is 40.8. The van der Waals surface area contributed by atoms with E-state index in [-0.39, 0.29) is 6.61 Å². The van der Waals surface area contributed by atoms with Crippen LogP contribution < -0.4 is 0 Å². The molecule has 0 amide bonds. The van der Waals surface area contributed by atoms with Crippen LogP contribution in [-0.4, -0.2) is 26.3 Å². The molecule has 0 rings (SSSR count). The van der Waals surface area contributed by atoms with Crippen molar-refractivity contribution in [2.45, 2.75) is 18.5 Å². The Balaban J connectivity index is 4.84. The van der Waals surface area contributed by atoms with Crippen molar-refractivity contribution in [3.8, 4) is 12.3 Å². The molecule has 0 fully saturated rings. The van der Waals surface area contributed by atoms with E-state index in [1.165, 1.54) is 0 Å². The number of hydrogen-bond donors (Lipinski definition) is 0. The van der Waals surface area contributed by atoms with E-state index in [0.717, 1.165) is 6.92 Å². The monoisotopic (exact) mass is 238 g/mol. The third-order valence-corrected chi connectivity index (χ3v) is 4.17. The highest BCUT2D eigenvalue weighted by Crippen LogP contribution is 2.31. The highest BCUT2D eigenvalue weighted by molar-refractivity contribution is 7.92. The second kappa shape index (κ2) is 5.42. The molecule has 0 N–H and O–H groups in total. The fourth-order valence-corrected chi connectivity index (χ4v) is 2.04. The average molecular weight is 238 g/mol. The fourth-order valence-electron chi connectivity index (χ4n) is 0.633. The van der Waals surface area contributed by atoms with E-state index in [1.54, 1.807) is 6.92 Å². The van der Waals surface area contributed by atoms with Crippen molar-refractivity contribution in [3.63, 3.8) is 0 Å². The molecule has 0 aromatic carbocycles. The lowest BCUT2D eigenvalue weighted by atomic mass is 10.8. The van der Waals surface area contributed by atoms with Crippen molar-refractivity contribution in [2.24, 2.45) is 0 Å². The average Bonchev–Trinajstić information content (AvgIpc) is 2.14. The van der Waals surface area contributed by atoms with Crippen LogP contribution in [0.25, 0.3) is 0 Å². The van der Waals surface area contributed by atoms with Gasteiger partial charge in [0.05, 0.1) is 0 Å². The van der Waals surface area contributed by atoms with Crippen LogP contribution in [0.4, 0.5) is 0 Å². The lowest BCUT2D eigenvalue weighted by molar-refractivity contribution is 0.0903. The minimum absolute atomic E-state index is 0.102. The van der Waals surface area contributed by atoms with E-state index in [9.17, 15) is 13.0 Å². The largest absolute Gasteiger partial charge is 0.348 e. The zero-order valence-corrected chi connectivity index (χ0v) is 9.60. The second-order valence-electron chi connectivity index (χ2n) is 2.34. The minimum Gasteiger partial charge on any atom is -0.348 e. The third kappa shape index (κ3) is 3.03. The van der Waals surface area contributed by atoms with Crippen molar-refractivity contribution in [1.29, 1.82) is 0 Å². The zero-order valence-electron chi connectivity index (χ0n) is 7.89. The molecule has 0 bridgehead atoms. The smallest absolute Gasteiger partial charge is 0.310 e. The molecule has 0 aliphatic carbocycles. The van der Waals surface area contributed by atoms with Crippen LogP contribution in [0.3, 0.4) is 0 Å². The van der Waals surface area contributed by atoms with Gasteiger partial charge in [-0.3, -0.25) is 8.75 Å². The van der Waals surface area contributed by atoms with Crippen molar-refractivity contribution in [1.82, 2.24) is 0 Å². The number of terminal acetylenes is 1. The molecule has 0 saturated carbocycles. The molecule has 1 atom stereocenters. The molecular weight excluding hydrogens is 227 g/mol. The van der Waals surface area contributed by atoms with Gasteiger partial charge in [0.25, 0.3) is 4.67 Å². The van der Waals surface area contributed by atoms with Crippen LogP contribution in [-0.2, 0) is 23.6 Å². The van der Waals surface area contributed by atoms with E-state index < -0.39 is 29.9 Å². The molecule has 0 saturated heterocycles. The molecule has 0 radical (unpaired) electrons. The van der Waals surface area contributed by atoms with Gasteiger partial charge in [0.1, 0.15) is 6.61 Å². The van der Waals surface area contributed by atoms with Crippen LogP contribution >= 0.6 is 8.46 Å². The standard InChI is InChI=1S/C7H11O5PS/c1-4-6-12-14(9,10)7(3,13-8)11-5-2/h1H,5-6H2,2-3H3. The van der Waals surface area contributed by atoms with Crippen LogP contribution in [0.5, 0.6) is 0 Å². The molecule has 7 heteroatoms. The maximum absolute atomic E-state index is 11.4. The summed E-state index contributed by atoms with van der Waals surface area (Å²) in [6, 6.07) is 0. The van der Waals surface area contributed by atoms with Gasteiger partial charge < -0.3 is 4.74 Å². The Hall–Kier alpha value is -0.470. The van der Waals surface area contributed by atoms with Crippen molar-refractivity contribution in [3.05, 3.63) is 0 Å².